The van der Waals surface area contributed by atoms with Gasteiger partial charge in [-0.3, -0.25) is 4.79 Å². The van der Waals surface area contributed by atoms with Gasteiger partial charge in [0.05, 0.1) is 6.61 Å². The van der Waals surface area contributed by atoms with E-state index in [1.807, 2.05) is 55.5 Å². The molecule has 2 aromatic rings. The Labute approximate surface area is 152 Å². The molecule has 0 aromatic heterocycles. The number of benzene rings is 2. The predicted molar refractivity (Wildman–Crippen MR) is 102 cm³/mol. The smallest absolute Gasteiger partial charge is 0.221 e. The first kappa shape index (κ1) is 18.7. The summed E-state index contributed by atoms with van der Waals surface area (Å²) in [5.74, 6) is 2.62. The maximum Gasteiger partial charge on any atom is 0.221 e. The molecule has 0 fully saturated rings. The van der Waals surface area contributed by atoms with Crippen LogP contribution in [0.1, 0.15) is 17.5 Å². The number of rotatable bonds is 9. The van der Waals surface area contributed by atoms with Crippen LogP contribution in [0.5, 0.6) is 5.75 Å². The number of amides is 1. The molecule has 0 radical (unpaired) electrons. The molecule has 0 aliphatic rings. The third kappa shape index (κ3) is 6.46. The fraction of sp³-hybridized carbons (Fsp3) is 0.316. The molecule has 0 saturated carbocycles. The van der Waals surface area contributed by atoms with Crippen molar-refractivity contribution >= 4 is 29.3 Å². The molecule has 0 bridgehead atoms. The van der Waals surface area contributed by atoms with E-state index in [1.54, 1.807) is 11.8 Å². The van der Waals surface area contributed by atoms with E-state index in [0.29, 0.717) is 24.6 Å². The topological polar surface area (TPSA) is 38.3 Å². The SMILES string of the molecule is Cc1ccccc1OCCSCCC(=O)NCc1ccccc1Cl. The van der Waals surface area contributed by atoms with Crippen LogP contribution >= 0.6 is 23.4 Å². The van der Waals surface area contributed by atoms with Gasteiger partial charge in [0.15, 0.2) is 0 Å². The van der Waals surface area contributed by atoms with Crippen molar-refractivity contribution in [3.05, 3.63) is 64.7 Å². The van der Waals surface area contributed by atoms with Gasteiger partial charge in [0.2, 0.25) is 5.91 Å². The van der Waals surface area contributed by atoms with Gasteiger partial charge in [-0.25, -0.2) is 0 Å². The van der Waals surface area contributed by atoms with Gasteiger partial charge in [-0.15, -0.1) is 0 Å². The third-order valence-electron chi connectivity index (χ3n) is 3.49. The van der Waals surface area contributed by atoms with Crippen molar-refractivity contribution in [2.24, 2.45) is 0 Å². The minimum absolute atomic E-state index is 0.0437. The average molecular weight is 364 g/mol. The van der Waals surface area contributed by atoms with Crippen LogP contribution < -0.4 is 10.1 Å². The maximum absolute atomic E-state index is 11.8. The second-order valence-electron chi connectivity index (χ2n) is 5.34. The normalized spacial score (nSPS) is 10.4. The Morgan fingerprint density at radius 2 is 1.88 bits per heavy atom. The molecule has 24 heavy (non-hydrogen) atoms. The Balaban J connectivity index is 1.55. The van der Waals surface area contributed by atoms with Crippen LogP contribution in [0.2, 0.25) is 5.02 Å². The lowest BCUT2D eigenvalue weighted by atomic mass is 10.2. The zero-order chi connectivity index (χ0) is 17.2. The van der Waals surface area contributed by atoms with Crippen molar-refractivity contribution in [2.75, 3.05) is 18.1 Å². The van der Waals surface area contributed by atoms with Crippen LogP contribution in [0.4, 0.5) is 0 Å². The monoisotopic (exact) mass is 363 g/mol. The minimum Gasteiger partial charge on any atom is -0.492 e. The highest BCUT2D eigenvalue weighted by molar-refractivity contribution is 7.99. The Hall–Kier alpha value is -1.65. The van der Waals surface area contributed by atoms with Gasteiger partial charge in [0.1, 0.15) is 5.75 Å². The van der Waals surface area contributed by atoms with Gasteiger partial charge in [-0.1, -0.05) is 48.0 Å². The number of halogens is 1. The minimum atomic E-state index is 0.0437. The molecule has 5 heteroatoms. The summed E-state index contributed by atoms with van der Waals surface area (Å²) in [7, 11) is 0. The molecule has 0 unspecified atom stereocenters. The summed E-state index contributed by atoms with van der Waals surface area (Å²) >= 11 is 7.78. The lowest BCUT2D eigenvalue weighted by Gasteiger charge is -2.09. The summed E-state index contributed by atoms with van der Waals surface area (Å²) in [6, 6.07) is 15.5. The quantitative estimate of drug-likeness (QED) is 0.668. The van der Waals surface area contributed by atoms with Crippen LogP contribution in [-0.2, 0) is 11.3 Å². The molecule has 128 valence electrons. The summed E-state index contributed by atoms with van der Waals surface area (Å²) in [6.45, 7) is 3.15. The average Bonchev–Trinajstić information content (AvgIpc) is 2.58. The molecule has 0 atom stereocenters. The molecule has 0 aliphatic carbocycles. The first-order valence-corrected chi connectivity index (χ1v) is 9.46. The van der Waals surface area contributed by atoms with E-state index in [0.717, 1.165) is 28.4 Å². The Kier molecular flexibility index (Phi) is 7.99. The Morgan fingerprint density at radius 1 is 1.12 bits per heavy atom. The fourth-order valence-corrected chi connectivity index (χ4v) is 3.06. The molecule has 1 N–H and O–H groups in total. The van der Waals surface area contributed by atoms with Gasteiger partial charge in [-0.05, 0) is 30.2 Å². The predicted octanol–water partition coefficient (Wildman–Crippen LogP) is 4.47. The van der Waals surface area contributed by atoms with Crippen molar-refractivity contribution in [3.8, 4) is 5.75 Å². The number of ether oxygens (including phenoxy) is 1. The maximum atomic E-state index is 11.8. The van der Waals surface area contributed by atoms with Crippen LogP contribution in [-0.4, -0.2) is 24.0 Å². The number of carbonyl (C=O) groups excluding carboxylic acids is 1. The molecule has 0 saturated heterocycles. The molecule has 0 aliphatic heterocycles. The van der Waals surface area contributed by atoms with Gasteiger partial charge in [-0.2, -0.15) is 11.8 Å². The molecular weight excluding hydrogens is 342 g/mol. The zero-order valence-electron chi connectivity index (χ0n) is 13.8. The van der Waals surface area contributed by atoms with E-state index >= 15 is 0 Å². The summed E-state index contributed by atoms with van der Waals surface area (Å²) in [6.07, 6.45) is 0.499. The lowest BCUT2D eigenvalue weighted by Crippen LogP contribution is -2.23. The molecule has 0 heterocycles. The molecular formula is C19H22ClNO2S. The number of para-hydroxylation sites is 1. The van der Waals surface area contributed by atoms with E-state index in [9.17, 15) is 4.79 Å². The Bertz CT molecular complexity index is 663. The lowest BCUT2D eigenvalue weighted by molar-refractivity contribution is -0.120. The van der Waals surface area contributed by atoms with E-state index in [1.165, 1.54) is 0 Å². The number of nitrogens with one attached hydrogen (secondary N) is 1. The van der Waals surface area contributed by atoms with Gasteiger partial charge < -0.3 is 10.1 Å². The molecule has 3 nitrogen and oxygen atoms in total. The zero-order valence-corrected chi connectivity index (χ0v) is 15.3. The number of hydrogen-bond donors (Lipinski definition) is 1. The van der Waals surface area contributed by atoms with E-state index in [2.05, 4.69) is 5.32 Å². The van der Waals surface area contributed by atoms with Crippen molar-refractivity contribution in [3.63, 3.8) is 0 Å². The molecule has 2 aromatic carbocycles. The van der Waals surface area contributed by atoms with Gasteiger partial charge >= 0.3 is 0 Å². The number of carbonyl (C=O) groups is 1. The van der Waals surface area contributed by atoms with Crippen LogP contribution in [0.3, 0.4) is 0 Å². The summed E-state index contributed by atoms with van der Waals surface area (Å²) in [4.78, 5) is 11.8. The van der Waals surface area contributed by atoms with Crippen molar-refractivity contribution in [1.29, 1.82) is 0 Å². The second-order valence-corrected chi connectivity index (χ2v) is 6.98. The fourth-order valence-electron chi connectivity index (χ4n) is 2.12. The van der Waals surface area contributed by atoms with E-state index in [-0.39, 0.29) is 5.91 Å². The largest absolute Gasteiger partial charge is 0.492 e. The molecule has 1 amide bonds. The summed E-state index contributed by atoms with van der Waals surface area (Å²) < 4.78 is 5.73. The highest BCUT2D eigenvalue weighted by atomic mass is 35.5. The third-order valence-corrected chi connectivity index (χ3v) is 4.80. The van der Waals surface area contributed by atoms with Crippen LogP contribution in [0, 0.1) is 6.92 Å². The Morgan fingerprint density at radius 3 is 2.67 bits per heavy atom. The van der Waals surface area contributed by atoms with Crippen molar-refractivity contribution < 1.29 is 9.53 Å². The summed E-state index contributed by atoms with van der Waals surface area (Å²) in [5, 5.41) is 3.58. The number of hydrogen-bond acceptors (Lipinski definition) is 3. The second kappa shape index (κ2) is 10.3. The van der Waals surface area contributed by atoms with Gasteiger partial charge in [0.25, 0.3) is 0 Å². The van der Waals surface area contributed by atoms with Crippen LogP contribution in [0.15, 0.2) is 48.5 Å². The number of thioether (sulfide) groups is 1. The van der Waals surface area contributed by atoms with E-state index in [4.69, 9.17) is 16.3 Å². The standard InChI is InChI=1S/C19H22ClNO2S/c1-15-6-2-5-9-18(15)23-11-13-24-12-10-19(22)21-14-16-7-3-4-8-17(16)20/h2-9H,10-14H2,1H3,(H,21,22). The molecule has 0 spiro atoms. The highest BCUT2D eigenvalue weighted by Gasteiger charge is 2.04. The summed E-state index contributed by atoms with van der Waals surface area (Å²) in [5.41, 5.74) is 2.08. The van der Waals surface area contributed by atoms with Gasteiger partial charge in [0, 0.05) is 29.5 Å². The number of aryl methyl sites for hydroxylation is 1. The highest BCUT2D eigenvalue weighted by Crippen LogP contribution is 2.17. The van der Waals surface area contributed by atoms with Crippen LogP contribution in [0.25, 0.3) is 0 Å². The first-order valence-electron chi connectivity index (χ1n) is 7.93. The van der Waals surface area contributed by atoms with E-state index < -0.39 is 0 Å². The first-order chi connectivity index (χ1) is 11.7. The van der Waals surface area contributed by atoms with Crippen molar-refractivity contribution in [2.45, 2.75) is 19.9 Å². The molecule has 2 rings (SSSR count). The van der Waals surface area contributed by atoms with Crippen molar-refractivity contribution in [1.82, 2.24) is 5.32 Å².